The van der Waals surface area contributed by atoms with Crippen molar-refractivity contribution in [2.75, 3.05) is 6.54 Å². The average Bonchev–Trinajstić information content (AvgIpc) is 3.11. The van der Waals surface area contributed by atoms with Gasteiger partial charge in [0, 0.05) is 12.1 Å². The van der Waals surface area contributed by atoms with E-state index in [9.17, 15) is 8.42 Å². The Bertz CT molecular complexity index is 747. The number of rotatable bonds is 3. The van der Waals surface area contributed by atoms with Gasteiger partial charge in [-0.1, -0.05) is 16.8 Å². The zero-order valence-electron chi connectivity index (χ0n) is 11.7. The van der Waals surface area contributed by atoms with Gasteiger partial charge in [-0.25, -0.2) is 8.42 Å². The van der Waals surface area contributed by atoms with E-state index in [1.54, 1.807) is 16.4 Å². The minimum absolute atomic E-state index is 0.206. The number of hydrogen-bond acceptors (Lipinski definition) is 5. The summed E-state index contributed by atoms with van der Waals surface area (Å²) in [7, 11) is -3.53. The fourth-order valence-electron chi connectivity index (χ4n) is 2.83. The Morgan fingerprint density at radius 3 is 2.76 bits per heavy atom. The molecule has 0 N–H and O–H groups in total. The lowest BCUT2D eigenvalue weighted by Gasteiger charge is -2.23. The van der Waals surface area contributed by atoms with Crippen molar-refractivity contribution < 1.29 is 12.9 Å². The molecule has 5 nitrogen and oxygen atoms in total. The molecule has 0 bridgehead atoms. The predicted octanol–water partition coefficient (Wildman–Crippen LogP) is 3.53. The number of thiophene rings is 1. The van der Waals surface area contributed by atoms with Gasteiger partial charge in [0.2, 0.25) is 0 Å². The van der Waals surface area contributed by atoms with Crippen LogP contribution in [0.1, 0.15) is 35.9 Å². The minimum atomic E-state index is -3.53. The van der Waals surface area contributed by atoms with Crippen LogP contribution in [0.15, 0.2) is 20.9 Å². The monoisotopic (exact) mass is 346 g/mol. The second-order valence-electron chi connectivity index (χ2n) is 5.07. The summed E-state index contributed by atoms with van der Waals surface area (Å²) in [6, 6.07) is 2.97. The molecule has 21 heavy (non-hydrogen) atoms. The molecule has 2 aromatic rings. The van der Waals surface area contributed by atoms with Crippen molar-refractivity contribution >= 4 is 33.0 Å². The highest BCUT2D eigenvalue weighted by Gasteiger charge is 2.39. The summed E-state index contributed by atoms with van der Waals surface area (Å²) in [4.78, 5) is 0. The number of aromatic nitrogens is 1. The molecule has 1 aliphatic heterocycles. The van der Waals surface area contributed by atoms with Crippen molar-refractivity contribution in [3.8, 4) is 0 Å². The maximum atomic E-state index is 12.8. The van der Waals surface area contributed by atoms with Crippen molar-refractivity contribution in [1.82, 2.24) is 9.46 Å². The summed E-state index contributed by atoms with van der Waals surface area (Å²) in [5.74, 6) is 0.684. The van der Waals surface area contributed by atoms with Crippen molar-refractivity contribution in [1.29, 1.82) is 0 Å². The van der Waals surface area contributed by atoms with Crippen molar-refractivity contribution in [3.63, 3.8) is 0 Å². The molecule has 0 saturated carbocycles. The fourth-order valence-corrected chi connectivity index (χ4v) is 6.11. The molecule has 1 fully saturated rings. The Morgan fingerprint density at radius 2 is 2.19 bits per heavy atom. The zero-order valence-corrected chi connectivity index (χ0v) is 14.1. The molecule has 0 unspecified atom stereocenters. The average molecular weight is 347 g/mol. The molecular weight excluding hydrogens is 332 g/mol. The first kappa shape index (κ1) is 15.0. The molecule has 0 aromatic carbocycles. The predicted molar refractivity (Wildman–Crippen MR) is 81.2 cm³/mol. The normalized spacial score (nSPS) is 20.2. The van der Waals surface area contributed by atoms with E-state index in [0.717, 1.165) is 35.4 Å². The van der Waals surface area contributed by atoms with Crippen LogP contribution in [-0.4, -0.2) is 24.4 Å². The van der Waals surface area contributed by atoms with Gasteiger partial charge in [-0.15, -0.1) is 11.3 Å². The van der Waals surface area contributed by atoms with Crippen LogP contribution in [0.4, 0.5) is 0 Å². The molecule has 8 heteroatoms. The summed E-state index contributed by atoms with van der Waals surface area (Å²) in [6.45, 7) is 4.17. The Labute approximate surface area is 132 Å². The lowest BCUT2D eigenvalue weighted by molar-refractivity contribution is 0.376. The number of halogens is 1. The van der Waals surface area contributed by atoms with Crippen molar-refractivity contribution in [3.05, 3.63) is 33.5 Å². The lowest BCUT2D eigenvalue weighted by atomic mass is 10.0. The SMILES string of the molecule is Cc1noc(C)c1[C@H]1CCCN1S(=O)(=O)c1ccc(Cl)s1. The summed E-state index contributed by atoms with van der Waals surface area (Å²) in [5, 5.41) is 3.94. The summed E-state index contributed by atoms with van der Waals surface area (Å²) in [5.41, 5.74) is 1.64. The van der Waals surface area contributed by atoms with Crippen LogP contribution < -0.4 is 0 Å². The van der Waals surface area contributed by atoms with Gasteiger partial charge in [-0.3, -0.25) is 0 Å². The fraction of sp³-hybridized carbons (Fsp3) is 0.462. The molecule has 1 atom stereocenters. The summed E-state index contributed by atoms with van der Waals surface area (Å²) in [6.07, 6.45) is 1.61. The van der Waals surface area contributed by atoms with Gasteiger partial charge in [0.1, 0.15) is 9.97 Å². The van der Waals surface area contributed by atoms with E-state index in [1.165, 1.54) is 0 Å². The zero-order chi connectivity index (χ0) is 15.2. The third-order valence-corrected chi connectivity index (χ3v) is 7.34. The van der Waals surface area contributed by atoms with Crippen molar-refractivity contribution in [2.45, 2.75) is 36.9 Å². The van der Waals surface area contributed by atoms with E-state index in [0.29, 0.717) is 16.6 Å². The van der Waals surface area contributed by atoms with Crippen LogP contribution in [0.5, 0.6) is 0 Å². The highest BCUT2D eigenvalue weighted by Crippen LogP contribution is 2.40. The van der Waals surface area contributed by atoms with Crippen LogP contribution in [0, 0.1) is 13.8 Å². The first-order valence-electron chi connectivity index (χ1n) is 6.61. The van der Waals surface area contributed by atoms with Gasteiger partial charge in [0.25, 0.3) is 10.0 Å². The number of sulfonamides is 1. The Morgan fingerprint density at radius 1 is 1.43 bits per heavy atom. The molecule has 114 valence electrons. The van der Waals surface area contributed by atoms with Gasteiger partial charge in [-0.05, 0) is 38.8 Å². The first-order chi connectivity index (χ1) is 9.91. The topological polar surface area (TPSA) is 63.4 Å². The second-order valence-corrected chi connectivity index (χ2v) is 8.90. The van der Waals surface area contributed by atoms with Crippen LogP contribution in [-0.2, 0) is 10.0 Å². The van der Waals surface area contributed by atoms with Crippen LogP contribution in [0.3, 0.4) is 0 Å². The smallest absolute Gasteiger partial charge is 0.253 e. The van der Waals surface area contributed by atoms with E-state index in [2.05, 4.69) is 5.16 Å². The molecular formula is C13H15ClN2O3S2. The van der Waals surface area contributed by atoms with Crippen LogP contribution in [0.25, 0.3) is 0 Å². The van der Waals surface area contributed by atoms with E-state index in [-0.39, 0.29) is 10.3 Å². The molecule has 0 radical (unpaired) electrons. The Hall–Kier alpha value is -0.890. The molecule has 1 aliphatic rings. The highest BCUT2D eigenvalue weighted by molar-refractivity contribution is 7.91. The lowest BCUT2D eigenvalue weighted by Crippen LogP contribution is -2.30. The minimum Gasteiger partial charge on any atom is -0.361 e. The Balaban J connectivity index is 2.02. The Kier molecular flexibility index (Phi) is 3.85. The van der Waals surface area contributed by atoms with E-state index < -0.39 is 10.0 Å². The molecule has 0 aliphatic carbocycles. The third kappa shape index (κ3) is 2.52. The highest BCUT2D eigenvalue weighted by atomic mass is 35.5. The third-order valence-electron chi connectivity index (χ3n) is 3.74. The quantitative estimate of drug-likeness (QED) is 0.852. The molecule has 3 rings (SSSR count). The summed E-state index contributed by atoms with van der Waals surface area (Å²) >= 11 is 6.96. The molecule has 0 amide bonds. The maximum absolute atomic E-state index is 12.8. The van der Waals surface area contributed by atoms with Gasteiger partial charge < -0.3 is 4.52 Å². The van der Waals surface area contributed by atoms with Crippen LogP contribution >= 0.6 is 22.9 Å². The second kappa shape index (κ2) is 5.39. The molecule has 2 aromatic heterocycles. The van der Waals surface area contributed by atoms with Gasteiger partial charge in [-0.2, -0.15) is 4.31 Å². The molecule has 0 spiro atoms. The number of hydrogen-bond donors (Lipinski definition) is 0. The first-order valence-corrected chi connectivity index (χ1v) is 9.24. The largest absolute Gasteiger partial charge is 0.361 e. The van der Waals surface area contributed by atoms with Gasteiger partial charge >= 0.3 is 0 Å². The van der Waals surface area contributed by atoms with E-state index >= 15 is 0 Å². The molecule has 1 saturated heterocycles. The van der Waals surface area contributed by atoms with E-state index in [1.807, 2.05) is 13.8 Å². The number of nitrogens with zero attached hydrogens (tertiary/aromatic N) is 2. The van der Waals surface area contributed by atoms with E-state index in [4.69, 9.17) is 16.1 Å². The maximum Gasteiger partial charge on any atom is 0.253 e. The standard InChI is InChI=1S/C13H15ClN2O3S2/c1-8-13(9(2)19-15-8)10-4-3-7-16(10)21(17,18)12-6-5-11(14)20-12/h5-6,10H,3-4,7H2,1-2H3/t10-/m1/s1. The van der Waals surface area contributed by atoms with Crippen molar-refractivity contribution in [2.24, 2.45) is 0 Å². The summed E-state index contributed by atoms with van der Waals surface area (Å²) < 4.78 is 33.1. The van der Waals surface area contributed by atoms with Gasteiger partial charge in [0.05, 0.1) is 16.1 Å². The number of aryl methyl sites for hydroxylation is 2. The van der Waals surface area contributed by atoms with Gasteiger partial charge in [0.15, 0.2) is 0 Å². The van der Waals surface area contributed by atoms with Crippen LogP contribution in [0.2, 0.25) is 4.34 Å². The molecule has 3 heterocycles.